The zero-order valence-electron chi connectivity index (χ0n) is 5.94. The van der Waals surface area contributed by atoms with E-state index in [1.807, 2.05) is 6.92 Å². The minimum absolute atomic E-state index is 0.295. The molecule has 56 valence electrons. The van der Waals surface area contributed by atoms with Crippen molar-refractivity contribution in [2.24, 2.45) is 0 Å². The summed E-state index contributed by atoms with van der Waals surface area (Å²) in [4.78, 5) is 0. The fourth-order valence-electron chi connectivity index (χ4n) is 0.714. The Morgan fingerprint density at radius 2 is 2.00 bits per heavy atom. The number of hydrogen-bond donors (Lipinski definition) is 1. The van der Waals surface area contributed by atoms with Gasteiger partial charge in [-0.05, 0) is 19.8 Å². The van der Waals surface area contributed by atoms with Gasteiger partial charge in [-0.3, -0.25) is 0 Å². The zero-order chi connectivity index (χ0) is 7.11. The molecular formula is C7H15ClO. The molecule has 0 heterocycles. The normalized spacial score (nSPS) is 13.7. The molecule has 1 N–H and O–H groups in total. The van der Waals surface area contributed by atoms with Crippen LogP contribution in [0, 0.1) is 0 Å². The Labute approximate surface area is 62.0 Å². The molecule has 0 unspecified atom stereocenters. The van der Waals surface area contributed by atoms with Crippen LogP contribution in [0.1, 0.15) is 32.6 Å². The van der Waals surface area contributed by atoms with E-state index in [2.05, 4.69) is 0 Å². The van der Waals surface area contributed by atoms with Gasteiger partial charge in [0.1, 0.15) is 0 Å². The van der Waals surface area contributed by atoms with Crippen LogP contribution in [0.2, 0.25) is 0 Å². The van der Waals surface area contributed by atoms with Crippen LogP contribution in [-0.2, 0) is 0 Å². The monoisotopic (exact) mass is 150 g/mol. The summed E-state index contributed by atoms with van der Waals surface area (Å²) in [5, 5.41) is 8.69. The van der Waals surface area contributed by atoms with Crippen molar-refractivity contribution in [1.82, 2.24) is 0 Å². The third-order valence-electron chi connectivity index (χ3n) is 1.26. The molecule has 0 saturated carbocycles. The first kappa shape index (κ1) is 9.25. The van der Waals surface area contributed by atoms with Gasteiger partial charge in [-0.25, -0.2) is 0 Å². The van der Waals surface area contributed by atoms with Gasteiger partial charge >= 0.3 is 0 Å². The predicted molar refractivity (Wildman–Crippen MR) is 40.9 cm³/mol. The third kappa shape index (κ3) is 8.25. The van der Waals surface area contributed by atoms with Gasteiger partial charge in [0.05, 0.1) is 0 Å². The van der Waals surface area contributed by atoms with Crippen LogP contribution in [0.3, 0.4) is 0 Å². The van der Waals surface area contributed by atoms with E-state index in [4.69, 9.17) is 16.7 Å². The topological polar surface area (TPSA) is 20.2 Å². The molecule has 0 spiro atoms. The number of aliphatic hydroxyl groups excluding tert-OH is 1. The predicted octanol–water partition coefficient (Wildman–Crippen LogP) is 2.17. The van der Waals surface area contributed by atoms with Gasteiger partial charge in [0.25, 0.3) is 0 Å². The molecule has 0 bridgehead atoms. The Bertz CT molecular complexity index is 54.9. The molecule has 9 heavy (non-hydrogen) atoms. The zero-order valence-corrected chi connectivity index (χ0v) is 6.69. The molecule has 0 aromatic carbocycles. The third-order valence-corrected chi connectivity index (χ3v) is 1.48. The van der Waals surface area contributed by atoms with Crippen molar-refractivity contribution in [2.75, 3.05) is 6.61 Å². The molecule has 0 aromatic heterocycles. The number of alkyl halides is 1. The summed E-state index contributed by atoms with van der Waals surface area (Å²) in [5.41, 5.74) is 0. The lowest BCUT2D eigenvalue weighted by molar-refractivity contribution is 0.282. The van der Waals surface area contributed by atoms with Gasteiger partial charge in [-0.1, -0.05) is 12.8 Å². The van der Waals surface area contributed by atoms with E-state index in [9.17, 15) is 0 Å². The number of unbranched alkanes of at least 4 members (excludes halogenated alkanes) is 2. The highest BCUT2D eigenvalue weighted by molar-refractivity contribution is 6.20. The summed E-state index contributed by atoms with van der Waals surface area (Å²) >= 11 is 5.69. The quantitative estimate of drug-likeness (QED) is 0.471. The minimum Gasteiger partial charge on any atom is -0.396 e. The summed E-state index contributed by atoms with van der Waals surface area (Å²) in [6, 6.07) is 0. The Hall–Kier alpha value is 0.250. The first-order chi connectivity index (χ1) is 4.27. The number of hydrogen-bond acceptors (Lipinski definition) is 1. The van der Waals surface area contributed by atoms with Crippen molar-refractivity contribution in [3.05, 3.63) is 0 Å². The minimum atomic E-state index is 0.295. The van der Waals surface area contributed by atoms with Crippen molar-refractivity contribution in [2.45, 2.75) is 38.0 Å². The molecule has 2 heteroatoms. The summed E-state index contributed by atoms with van der Waals surface area (Å²) in [5.74, 6) is 0. The van der Waals surface area contributed by atoms with Gasteiger partial charge in [0.2, 0.25) is 0 Å². The van der Waals surface area contributed by atoms with Crippen molar-refractivity contribution in [3.8, 4) is 0 Å². The Morgan fingerprint density at radius 3 is 2.44 bits per heavy atom. The second-order valence-electron chi connectivity index (χ2n) is 2.35. The summed E-state index contributed by atoms with van der Waals surface area (Å²) in [6.45, 7) is 2.32. The second-order valence-corrected chi connectivity index (χ2v) is 3.10. The van der Waals surface area contributed by atoms with E-state index in [0.29, 0.717) is 12.0 Å². The van der Waals surface area contributed by atoms with E-state index in [1.165, 1.54) is 0 Å². The molecule has 0 radical (unpaired) electrons. The van der Waals surface area contributed by atoms with Crippen LogP contribution in [0.5, 0.6) is 0 Å². The number of rotatable bonds is 5. The molecule has 0 aliphatic rings. The summed E-state index contributed by atoms with van der Waals surface area (Å²) < 4.78 is 0. The maximum Gasteiger partial charge on any atom is 0.0431 e. The van der Waals surface area contributed by atoms with Gasteiger partial charge < -0.3 is 5.11 Å². The van der Waals surface area contributed by atoms with Crippen LogP contribution < -0.4 is 0 Å². The average Bonchev–Trinajstić information content (AvgIpc) is 1.80. The van der Waals surface area contributed by atoms with Crippen LogP contribution in [0.4, 0.5) is 0 Å². The Kier molecular flexibility index (Phi) is 6.55. The van der Waals surface area contributed by atoms with E-state index in [1.54, 1.807) is 0 Å². The lowest BCUT2D eigenvalue weighted by Gasteiger charge is -1.99. The molecular weight excluding hydrogens is 136 g/mol. The Morgan fingerprint density at radius 1 is 1.33 bits per heavy atom. The molecule has 0 saturated heterocycles. The van der Waals surface area contributed by atoms with Crippen LogP contribution in [0.15, 0.2) is 0 Å². The van der Waals surface area contributed by atoms with Crippen LogP contribution in [0.25, 0.3) is 0 Å². The molecule has 1 nitrogen and oxygen atoms in total. The van der Waals surface area contributed by atoms with Crippen molar-refractivity contribution >= 4 is 11.6 Å². The SMILES string of the molecule is C[C@@H](Cl)CCCCCO. The second kappa shape index (κ2) is 6.37. The van der Waals surface area contributed by atoms with Gasteiger partial charge in [-0.15, -0.1) is 11.6 Å². The molecule has 0 aliphatic heterocycles. The lowest BCUT2D eigenvalue weighted by Crippen LogP contribution is -1.90. The average molecular weight is 151 g/mol. The first-order valence-corrected chi connectivity index (χ1v) is 3.96. The van der Waals surface area contributed by atoms with E-state index < -0.39 is 0 Å². The van der Waals surface area contributed by atoms with Crippen molar-refractivity contribution in [3.63, 3.8) is 0 Å². The standard InChI is InChI=1S/C7H15ClO/c1-7(8)5-3-2-4-6-9/h7,9H,2-6H2,1H3/t7-/m1/s1. The summed E-state index contributed by atoms with van der Waals surface area (Å²) in [7, 11) is 0. The van der Waals surface area contributed by atoms with E-state index >= 15 is 0 Å². The Balaban J connectivity index is 2.75. The highest BCUT2D eigenvalue weighted by Gasteiger charge is 1.94. The number of aliphatic hydroxyl groups is 1. The van der Waals surface area contributed by atoms with E-state index in [0.717, 1.165) is 25.7 Å². The highest BCUT2D eigenvalue weighted by Crippen LogP contribution is 2.07. The van der Waals surface area contributed by atoms with Crippen molar-refractivity contribution in [1.29, 1.82) is 0 Å². The van der Waals surface area contributed by atoms with E-state index in [-0.39, 0.29) is 0 Å². The van der Waals surface area contributed by atoms with Gasteiger partial charge in [0, 0.05) is 12.0 Å². The fourth-order valence-corrected chi connectivity index (χ4v) is 0.868. The first-order valence-electron chi connectivity index (χ1n) is 3.52. The van der Waals surface area contributed by atoms with Gasteiger partial charge in [-0.2, -0.15) is 0 Å². The van der Waals surface area contributed by atoms with Crippen LogP contribution in [-0.4, -0.2) is 17.1 Å². The number of halogens is 1. The molecule has 0 aromatic rings. The molecule has 0 fully saturated rings. The smallest absolute Gasteiger partial charge is 0.0431 e. The maximum absolute atomic E-state index is 8.40. The maximum atomic E-state index is 8.40. The summed E-state index contributed by atoms with van der Waals surface area (Å²) in [6.07, 6.45) is 4.24. The van der Waals surface area contributed by atoms with Crippen molar-refractivity contribution < 1.29 is 5.11 Å². The fraction of sp³-hybridized carbons (Fsp3) is 1.00. The van der Waals surface area contributed by atoms with Gasteiger partial charge in [0.15, 0.2) is 0 Å². The largest absolute Gasteiger partial charge is 0.396 e. The molecule has 0 aliphatic carbocycles. The molecule has 1 atom stereocenters. The molecule has 0 amide bonds. The lowest BCUT2D eigenvalue weighted by atomic mass is 10.2. The van der Waals surface area contributed by atoms with Crippen LogP contribution >= 0.6 is 11.6 Å². The highest BCUT2D eigenvalue weighted by atomic mass is 35.5. The molecule has 0 rings (SSSR count).